The fraction of sp³-hybridized carbons (Fsp3) is 0.167. The van der Waals surface area contributed by atoms with E-state index in [0.29, 0.717) is 16.0 Å². The Bertz CT molecular complexity index is 892. The third-order valence-electron chi connectivity index (χ3n) is 3.61. The molecule has 0 spiro atoms. The van der Waals surface area contributed by atoms with Gasteiger partial charge in [0.05, 0.1) is 5.75 Å². The van der Waals surface area contributed by atoms with Gasteiger partial charge in [0.15, 0.2) is 11.0 Å². The molecule has 0 radical (unpaired) electrons. The molecule has 0 atom stereocenters. The number of carbonyl (C=O) groups is 1. The zero-order valence-corrected chi connectivity index (χ0v) is 15.4. The van der Waals surface area contributed by atoms with Gasteiger partial charge in [0.2, 0.25) is 5.91 Å². The summed E-state index contributed by atoms with van der Waals surface area (Å²) in [6.07, 6.45) is 0. The van der Waals surface area contributed by atoms with Crippen molar-refractivity contribution >= 4 is 29.3 Å². The minimum Gasteiger partial charge on any atom is -0.358 e. The van der Waals surface area contributed by atoms with E-state index in [1.54, 1.807) is 7.05 Å². The van der Waals surface area contributed by atoms with Crippen molar-refractivity contribution < 1.29 is 4.79 Å². The predicted molar refractivity (Wildman–Crippen MR) is 101 cm³/mol. The maximum Gasteiger partial charge on any atom is 0.230 e. The Hall–Kier alpha value is -2.31. The minimum absolute atomic E-state index is 0.0585. The van der Waals surface area contributed by atoms with Crippen LogP contribution in [0, 0.1) is 6.92 Å². The molecule has 25 heavy (non-hydrogen) atoms. The predicted octanol–water partition coefficient (Wildman–Crippen LogP) is 3.73. The van der Waals surface area contributed by atoms with Crippen LogP contribution in [-0.4, -0.2) is 33.5 Å². The van der Waals surface area contributed by atoms with Gasteiger partial charge >= 0.3 is 0 Å². The van der Waals surface area contributed by atoms with Crippen molar-refractivity contribution in [3.05, 3.63) is 59.1 Å². The average molecular weight is 373 g/mol. The molecule has 7 heteroatoms. The smallest absolute Gasteiger partial charge is 0.230 e. The van der Waals surface area contributed by atoms with Crippen LogP contribution < -0.4 is 5.32 Å². The first-order chi connectivity index (χ1) is 12.1. The Morgan fingerprint density at radius 1 is 1.20 bits per heavy atom. The normalized spacial score (nSPS) is 10.7. The fourth-order valence-electron chi connectivity index (χ4n) is 2.35. The van der Waals surface area contributed by atoms with Crippen LogP contribution in [0.1, 0.15) is 5.56 Å². The maximum atomic E-state index is 11.6. The Kier molecular flexibility index (Phi) is 5.40. The number of nitrogens with zero attached hydrogens (tertiary/aromatic N) is 3. The quantitative estimate of drug-likeness (QED) is 0.693. The van der Waals surface area contributed by atoms with Crippen molar-refractivity contribution in [3.8, 4) is 17.1 Å². The van der Waals surface area contributed by atoms with Crippen molar-refractivity contribution in [2.24, 2.45) is 0 Å². The summed E-state index contributed by atoms with van der Waals surface area (Å²) in [5.74, 6) is 0.930. The van der Waals surface area contributed by atoms with Crippen LogP contribution in [0.15, 0.2) is 53.7 Å². The maximum absolute atomic E-state index is 11.6. The largest absolute Gasteiger partial charge is 0.358 e. The van der Waals surface area contributed by atoms with Gasteiger partial charge in [0.1, 0.15) is 0 Å². The van der Waals surface area contributed by atoms with E-state index in [1.807, 2.05) is 54.0 Å². The number of benzene rings is 2. The van der Waals surface area contributed by atoms with Gasteiger partial charge in [-0.1, -0.05) is 35.5 Å². The molecule has 0 unspecified atom stereocenters. The van der Waals surface area contributed by atoms with Crippen LogP contribution in [0.5, 0.6) is 0 Å². The molecule has 1 heterocycles. The standard InChI is InChI=1S/C18H17ClN4OS/c1-12-4-3-5-15(10-12)23-17(13-6-8-14(19)9-7-13)21-22-18(23)25-11-16(24)20-2/h3-10H,11H2,1-2H3,(H,20,24). The highest BCUT2D eigenvalue weighted by atomic mass is 35.5. The van der Waals surface area contributed by atoms with E-state index < -0.39 is 0 Å². The summed E-state index contributed by atoms with van der Waals surface area (Å²) in [6.45, 7) is 2.03. The number of halogens is 1. The molecule has 0 aliphatic heterocycles. The van der Waals surface area contributed by atoms with E-state index in [9.17, 15) is 4.79 Å². The summed E-state index contributed by atoms with van der Waals surface area (Å²) in [4.78, 5) is 11.6. The van der Waals surface area contributed by atoms with Gasteiger partial charge in [0, 0.05) is 23.3 Å². The van der Waals surface area contributed by atoms with E-state index in [-0.39, 0.29) is 11.7 Å². The highest BCUT2D eigenvalue weighted by Crippen LogP contribution is 2.29. The number of amides is 1. The number of aromatic nitrogens is 3. The Balaban J connectivity index is 2.07. The molecule has 5 nitrogen and oxygen atoms in total. The van der Waals surface area contributed by atoms with Crippen molar-refractivity contribution in [2.75, 3.05) is 12.8 Å². The first-order valence-corrected chi connectivity index (χ1v) is 9.06. The zero-order valence-electron chi connectivity index (χ0n) is 13.9. The van der Waals surface area contributed by atoms with E-state index in [1.165, 1.54) is 11.8 Å². The summed E-state index contributed by atoms with van der Waals surface area (Å²) in [5, 5.41) is 12.6. The van der Waals surface area contributed by atoms with Gasteiger partial charge in [-0.05, 0) is 48.9 Å². The van der Waals surface area contributed by atoms with Crippen molar-refractivity contribution in [1.29, 1.82) is 0 Å². The molecule has 0 aliphatic carbocycles. The minimum atomic E-state index is -0.0585. The molecule has 0 aliphatic rings. The summed E-state index contributed by atoms with van der Waals surface area (Å²) < 4.78 is 1.96. The second-order valence-electron chi connectivity index (χ2n) is 5.45. The molecule has 3 rings (SSSR count). The second kappa shape index (κ2) is 7.72. The van der Waals surface area contributed by atoms with Crippen molar-refractivity contribution in [3.63, 3.8) is 0 Å². The van der Waals surface area contributed by atoms with Crippen LogP contribution in [-0.2, 0) is 4.79 Å². The molecular formula is C18H17ClN4OS. The third kappa shape index (κ3) is 4.03. The summed E-state index contributed by atoms with van der Waals surface area (Å²) >= 11 is 7.34. The molecule has 0 fully saturated rings. The van der Waals surface area contributed by atoms with Crippen LogP contribution >= 0.6 is 23.4 Å². The van der Waals surface area contributed by atoms with E-state index in [2.05, 4.69) is 21.6 Å². The van der Waals surface area contributed by atoms with E-state index in [0.717, 1.165) is 16.8 Å². The lowest BCUT2D eigenvalue weighted by Crippen LogP contribution is -2.20. The van der Waals surface area contributed by atoms with Gasteiger partial charge in [-0.25, -0.2) is 0 Å². The average Bonchev–Trinajstić information content (AvgIpc) is 3.04. The van der Waals surface area contributed by atoms with Gasteiger partial charge in [-0.15, -0.1) is 10.2 Å². The summed E-state index contributed by atoms with van der Waals surface area (Å²) in [6, 6.07) is 15.5. The second-order valence-corrected chi connectivity index (χ2v) is 6.83. The highest BCUT2D eigenvalue weighted by Gasteiger charge is 2.17. The number of aryl methyl sites for hydroxylation is 1. The first-order valence-electron chi connectivity index (χ1n) is 7.70. The van der Waals surface area contributed by atoms with Gasteiger partial charge in [-0.3, -0.25) is 9.36 Å². The van der Waals surface area contributed by atoms with Gasteiger partial charge in [-0.2, -0.15) is 0 Å². The van der Waals surface area contributed by atoms with Crippen LogP contribution in [0.3, 0.4) is 0 Å². The Labute approximate surface area is 155 Å². The zero-order chi connectivity index (χ0) is 17.8. The van der Waals surface area contributed by atoms with Crippen molar-refractivity contribution in [2.45, 2.75) is 12.1 Å². The number of thioether (sulfide) groups is 1. The molecule has 1 amide bonds. The lowest BCUT2D eigenvalue weighted by Gasteiger charge is -2.11. The van der Waals surface area contributed by atoms with E-state index in [4.69, 9.17) is 11.6 Å². The topological polar surface area (TPSA) is 59.8 Å². The molecule has 0 bridgehead atoms. The summed E-state index contributed by atoms with van der Waals surface area (Å²) in [5.41, 5.74) is 3.00. The molecule has 3 aromatic rings. The lowest BCUT2D eigenvalue weighted by atomic mass is 10.2. The number of hydrogen-bond donors (Lipinski definition) is 1. The van der Waals surface area contributed by atoms with Crippen LogP contribution in [0.2, 0.25) is 5.02 Å². The number of hydrogen-bond acceptors (Lipinski definition) is 4. The molecule has 0 saturated carbocycles. The number of rotatable bonds is 5. The fourth-order valence-corrected chi connectivity index (χ4v) is 3.30. The van der Waals surface area contributed by atoms with Gasteiger partial charge in [0.25, 0.3) is 0 Å². The first kappa shape index (κ1) is 17.5. The highest BCUT2D eigenvalue weighted by molar-refractivity contribution is 7.99. The molecule has 128 valence electrons. The Morgan fingerprint density at radius 3 is 2.64 bits per heavy atom. The van der Waals surface area contributed by atoms with Gasteiger partial charge < -0.3 is 5.32 Å². The van der Waals surface area contributed by atoms with Crippen LogP contribution in [0.4, 0.5) is 0 Å². The van der Waals surface area contributed by atoms with E-state index >= 15 is 0 Å². The Morgan fingerprint density at radius 2 is 1.96 bits per heavy atom. The van der Waals surface area contributed by atoms with Crippen molar-refractivity contribution in [1.82, 2.24) is 20.1 Å². The SMILES string of the molecule is CNC(=O)CSc1nnc(-c2ccc(Cl)cc2)n1-c1cccc(C)c1. The molecule has 0 saturated heterocycles. The molecule has 1 aromatic heterocycles. The lowest BCUT2D eigenvalue weighted by molar-refractivity contribution is -0.118. The molecule has 1 N–H and O–H groups in total. The number of carbonyl (C=O) groups excluding carboxylic acids is 1. The monoisotopic (exact) mass is 372 g/mol. The molecular weight excluding hydrogens is 356 g/mol. The molecule has 2 aromatic carbocycles. The number of nitrogens with one attached hydrogen (secondary N) is 1. The summed E-state index contributed by atoms with van der Waals surface area (Å²) in [7, 11) is 1.62. The van der Waals surface area contributed by atoms with Crippen LogP contribution in [0.25, 0.3) is 17.1 Å². The third-order valence-corrected chi connectivity index (χ3v) is 4.79.